The Hall–Kier alpha value is -2.29. The zero-order valence-corrected chi connectivity index (χ0v) is 18.1. The third-order valence-electron chi connectivity index (χ3n) is 3.86. The molecule has 152 valence electrons. The van der Waals surface area contributed by atoms with Gasteiger partial charge in [-0.15, -0.1) is 10.2 Å². The molecule has 0 radical (unpaired) electrons. The predicted octanol–water partition coefficient (Wildman–Crippen LogP) is 4.87. The number of aromatic nitrogens is 4. The fraction of sp³-hybridized carbons (Fsp3) is 0.263. The Morgan fingerprint density at radius 1 is 1.24 bits per heavy atom. The summed E-state index contributed by atoms with van der Waals surface area (Å²) in [6, 6.07) is 10.5. The number of anilines is 1. The number of nitrogens with one attached hydrogen (secondary N) is 1. The van der Waals surface area contributed by atoms with Gasteiger partial charge >= 0.3 is 0 Å². The van der Waals surface area contributed by atoms with Crippen molar-refractivity contribution < 1.29 is 9.53 Å². The van der Waals surface area contributed by atoms with Gasteiger partial charge in [0.1, 0.15) is 11.6 Å². The molecule has 3 rings (SSSR count). The van der Waals surface area contributed by atoms with Crippen molar-refractivity contribution in [1.82, 2.24) is 19.7 Å². The van der Waals surface area contributed by atoms with Crippen LogP contribution in [0.15, 0.2) is 47.8 Å². The molecule has 1 aromatic carbocycles. The molecule has 10 heteroatoms. The van der Waals surface area contributed by atoms with E-state index in [1.807, 2.05) is 30.5 Å². The van der Waals surface area contributed by atoms with Crippen LogP contribution in [0.2, 0.25) is 10.0 Å². The Morgan fingerprint density at radius 2 is 2.07 bits per heavy atom. The molecule has 0 fully saturated rings. The summed E-state index contributed by atoms with van der Waals surface area (Å²) in [5.74, 6) is 1.75. The van der Waals surface area contributed by atoms with Crippen molar-refractivity contribution in [3.63, 3.8) is 0 Å². The van der Waals surface area contributed by atoms with Gasteiger partial charge < -0.3 is 14.6 Å². The SMILES string of the molecule is CCn1c(SCC(=O)Nc2ccc(Cl)cn2)nnc1C(C)Oc1cccc(Cl)c1. The van der Waals surface area contributed by atoms with Gasteiger partial charge in [0, 0.05) is 17.8 Å². The van der Waals surface area contributed by atoms with Crippen LogP contribution in [-0.4, -0.2) is 31.4 Å². The average molecular weight is 452 g/mol. The summed E-state index contributed by atoms with van der Waals surface area (Å²) in [7, 11) is 0. The minimum Gasteiger partial charge on any atom is -0.483 e. The van der Waals surface area contributed by atoms with Gasteiger partial charge in [0.15, 0.2) is 17.1 Å². The molecule has 0 aliphatic carbocycles. The van der Waals surface area contributed by atoms with E-state index >= 15 is 0 Å². The zero-order chi connectivity index (χ0) is 20.8. The van der Waals surface area contributed by atoms with Gasteiger partial charge in [-0.1, -0.05) is 41.0 Å². The van der Waals surface area contributed by atoms with Crippen molar-refractivity contribution in [3.8, 4) is 5.75 Å². The first-order chi connectivity index (χ1) is 14.0. The summed E-state index contributed by atoms with van der Waals surface area (Å²) in [6.07, 6.45) is 1.15. The van der Waals surface area contributed by atoms with E-state index in [1.165, 1.54) is 18.0 Å². The Morgan fingerprint density at radius 3 is 2.76 bits per heavy atom. The molecule has 0 spiro atoms. The number of benzene rings is 1. The normalized spacial score (nSPS) is 11.9. The van der Waals surface area contributed by atoms with Crippen molar-refractivity contribution in [2.24, 2.45) is 0 Å². The fourth-order valence-corrected chi connectivity index (χ4v) is 3.66. The van der Waals surface area contributed by atoms with E-state index < -0.39 is 0 Å². The second-order valence-electron chi connectivity index (χ2n) is 6.00. The lowest BCUT2D eigenvalue weighted by Gasteiger charge is -2.15. The van der Waals surface area contributed by atoms with Crippen LogP contribution < -0.4 is 10.1 Å². The first-order valence-corrected chi connectivity index (χ1v) is 10.6. The van der Waals surface area contributed by atoms with E-state index in [0.29, 0.717) is 39.1 Å². The predicted molar refractivity (Wildman–Crippen MR) is 115 cm³/mol. The molecular formula is C19H19Cl2N5O2S. The smallest absolute Gasteiger partial charge is 0.236 e. The standard InChI is InChI=1S/C19H19Cl2N5O2S/c1-3-26-18(12(2)28-15-6-4-5-13(20)9-15)24-25-19(26)29-11-17(27)23-16-8-7-14(21)10-22-16/h4-10,12H,3,11H2,1-2H3,(H,22,23,27). The lowest BCUT2D eigenvalue weighted by Crippen LogP contribution is -2.16. The van der Waals surface area contributed by atoms with Crippen LogP contribution in [0, 0.1) is 0 Å². The van der Waals surface area contributed by atoms with E-state index in [9.17, 15) is 4.79 Å². The number of carbonyl (C=O) groups excluding carboxylic acids is 1. The maximum absolute atomic E-state index is 12.2. The van der Waals surface area contributed by atoms with Gasteiger partial charge in [0.05, 0.1) is 10.8 Å². The van der Waals surface area contributed by atoms with Gasteiger partial charge in [0.2, 0.25) is 5.91 Å². The molecule has 0 aliphatic rings. The highest BCUT2D eigenvalue weighted by Gasteiger charge is 2.19. The van der Waals surface area contributed by atoms with E-state index in [-0.39, 0.29) is 17.8 Å². The number of hydrogen-bond acceptors (Lipinski definition) is 6. The van der Waals surface area contributed by atoms with Crippen LogP contribution in [0.25, 0.3) is 0 Å². The van der Waals surface area contributed by atoms with E-state index in [1.54, 1.807) is 24.3 Å². The minimum absolute atomic E-state index is 0.173. The molecule has 0 aliphatic heterocycles. The van der Waals surface area contributed by atoms with Crippen LogP contribution in [-0.2, 0) is 11.3 Å². The summed E-state index contributed by atoms with van der Waals surface area (Å²) in [5, 5.41) is 12.9. The summed E-state index contributed by atoms with van der Waals surface area (Å²) < 4.78 is 7.86. The molecule has 1 unspecified atom stereocenters. The number of pyridine rings is 1. The number of carbonyl (C=O) groups is 1. The lowest BCUT2D eigenvalue weighted by molar-refractivity contribution is -0.113. The Bertz CT molecular complexity index is 981. The van der Waals surface area contributed by atoms with E-state index in [4.69, 9.17) is 27.9 Å². The molecule has 0 saturated carbocycles. The van der Waals surface area contributed by atoms with Gasteiger partial charge in [-0.2, -0.15) is 0 Å². The molecule has 2 heterocycles. The van der Waals surface area contributed by atoms with Crippen molar-refractivity contribution >= 4 is 46.7 Å². The number of rotatable bonds is 8. The number of halogens is 2. The second kappa shape index (κ2) is 9.96. The third kappa shape index (κ3) is 5.85. The van der Waals surface area contributed by atoms with Gasteiger partial charge in [0.25, 0.3) is 0 Å². The molecular weight excluding hydrogens is 433 g/mol. The van der Waals surface area contributed by atoms with Gasteiger partial charge in [-0.05, 0) is 44.2 Å². The van der Waals surface area contributed by atoms with Crippen molar-refractivity contribution in [1.29, 1.82) is 0 Å². The maximum Gasteiger partial charge on any atom is 0.236 e. The van der Waals surface area contributed by atoms with Gasteiger partial charge in [-0.3, -0.25) is 4.79 Å². The maximum atomic E-state index is 12.2. The monoisotopic (exact) mass is 451 g/mol. The Balaban J connectivity index is 1.62. The summed E-state index contributed by atoms with van der Waals surface area (Å²) in [6.45, 7) is 4.53. The first kappa shape index (κ1) is 21.4. The molecule has 1 N–H and O–H groups in total. The number of hydrogen-bond donors (Lipinski definition) is 1. The molecule has 7 nitrogen and oxygen atoms in total. The molecule has 3 aromatic rings. The number of amides is 1. The topological polar surface area (TPSA) is 81.9 Å². The highest BCUT2D eigenvalue weighted by Crippen LogP contribution is 2.26. The molecule has 2 aromatic heterocycles. The van der Waals surface area contributed by atoms with Crippen molar-refractivity contribution in [3.05, 3.63) is 58.5 Å². The summed E-state index contributed by atoms with van der Waals surface area (Å²) in [4.78, 5) is 16.2. The van der Waals surface area contributed by atoms with Crippen molar-refractivity contribution in [2.45, 2.75) is 31.7 Å². The highest BCUT2D eigenvalue weighted by molar-refractivity contribution is 7.99. The van der Waals surface area contributed by atoms with Crippen LogP contribution >= 0.6 is 35.0 Å². The number of ether oxygens (including phenoxy) is 1. The average Bonchev–Trinajstić information content (AvgIpc) is 3.11. The van der Waals surface area contributed by atoms with Crippen LogP contribution in [0.5, 0.6) is 5.75 Å². The third-order valence-corrected chi connectivity index (χ3v) is 5.29. The summed E-state index contributed by atoms with van der Waals surface area (Å²) in [5.41, 5.74) is 0. The highest BCUT2D eigenvalue weighted by atomic mass is 35.5. The molecule has 0 saturated heterocycles. The van der Waals surface area contributed by atoms with Crippen LogP contribution in [0.4, 0.5) is 5.82 Å². The van der Waals surface area contributed by atoms with Crippen LogP contribution in [0.3, 0.4) is 0 Å². The quantitative estimate of drug-likeness (QED) is 0.491. The lowest BCUT2D eigenvalue weighted by atomic mass is 10.3. The fourth-order valence-electron chi connectivity index (χ4n) is 2.56. The zero-order valence-electron chi connectivity index (χ0n) is 15.8. The van der Waals surface area contributed by atoms with Gasteiger partial charge in [-0.25, -0.2) is 4.98 Å². The van der Waals surface area contributed by atoms with Crippen molar-refractivity contribution in [2.75, 3.05) is 11.1 Å². The van der Waals surface area contributed by atoms with E-state index in [2.05, 4.69) is 20.5 Å². The summed E-state index contributed by atoms with van der Waals surface area (Å²) >= 11 is 13.1. The molecule has 29 heavy (non-hydrogen) atoms. The second-order valence-corrected chi connectivity index (χ2v) is 7.82. The number of nitrogens with zero attached hydrogens (tertiary/aromatic N) is 4. The minimum atomic E-state index is -0.331. The Labute approximate surface area is 182 Å². The number of thioether (sulfide) groups is 1. The van der Waals surface area contributed by atoms with Crippen LogP contribution in [0.1, 0.15) is 25.8 Å². The first-order valence-electron chi connectivity index (χ1n) is 8.85. The molecule has 0 bridgehead atoms. The molecule has 1 amide bonds. The molecule has 1 atom stereocenters. The largest absolute Gasteiger partial charge is 0.483 e. The Kier molecular flexibility index (Phi) is 7.35. The van der Waals surface area contributed by atoms with E-state index in [0.717, 1.165) is 0 Å².